The van der Waals surface area contributed by atoms with Crippen molar-refractivity contribution in [3.8, 4) is 0 Å². The van der Waals surface area contributed by atoms with Crippen LogP contribution >= 0.6 is 0 Å². The van der Waals surface area contributed by atoms with E-state index in [2.05, 4.69) is 13.8 Å². The largest absolute Gasteiger partial charge is 0.367 e. The predicted octanol–water partition coefficient (Wildman–Crippen LogP) is 9.02. The Morgan fingerprint density at radius 3 is 1.48 bits per heavy atom. The molecular formula is C38H60O4. The van der Waals surface area contributed by atoms with Crippen LogP contribution in [-0.4, -0.2) is 36.0 Å². The number of carbonyl (C=O) groups is 2. The summed E-state index contributed by atoms with van der Waals surface area (Å²) in [6.45, 7) is 5.19. The van der Waals surface area contributed by atoms with Gasteiger partial charge < -0.3 is 9.47 Å². The first-order chi connectivity index (χ1) is 20.3. The van der Waals surface area contributed by atoms with Crippen LogP contribution in [0.4, 0.5) is 0 Å². The van der Waals surface area contributed by atoms with Gasteiger partial charge in [0, 0.05) is 12.8 Å². The lowest BCUT2D eigenvalue weighted by molar-refractivity contribution is -0.164. The normalized spacial score (nSPS) is 47.4. The molecule has 8 aliphatic carbocycles. The molecule has 0 saturated heterocycles. The molecule has 4 heteroatoms. The van der Waals surface area contributed by atoms with Gasteiger partial charge in [0.2, 0.25) is 0 Å². The first-order valence-corrected chi connectivity index (χ1v) is 18.6. The lowest BCUT2D eigenvalue weighted by atomic mass is 9.42. The van der Waals surface area contributed by atoms with E-state index in [1.807, 2.05) is 0 Å². The standard InChI is InChI=1S/C38H60O4/c1-3-37(13-11-27-7-5-9-31(37)16-27)41-24-33(39)22-35-18-29-15-30(19-35)21-36(20-29,26-35)23-34(40)25-42-38(4-2)14-12-28-8-6-10-32(38)17-28/h27-32H,3-26H2,1-2H3/t27-,28+,29?,30?,31-,32+,35?,36?,37+,38-. The number of ketones is 2. The van der Waals surface area contributed by atoms with Crippen LogP contribution < -0.4 is 0 Å². The Hall–Kier alpha value is -0.740. The number of rotatable bonds is 12. The van der Waals surface area contributed by atoms with Crippen molar-refractivity contribution in [1.29, 1.82) is 0 Å². The zero-order valence-electron chi connectivity index (χ0n) is 27.1. The molecule has 8 fully saturated rings. The third-order valence-corrected chi connectivity index (χ3v) is 14.7. The van der Waals surface area contributed by atoms with Crippen LogP contribution in [0.25, 0.3) is 0 Å². The molecule has 8 rings (SSSR count). The van der Waals surface area contributed by atoms with Crippen molar-refractivity contribution in [2.75, 3.05) is 13.2 Å². The number of hydrogen-bond acceptors (Lipinski definition) is 4. The SMILES string of the molecule is CC[C@@]1(OCC(=O)CC23CC4CC(C2)CC(CC(=O)CO[C@@]2(CC)CC[C@H]5CCC[C@@H]2C5)(C4)C3)CC[C@@H]2CCC[C@H]1C2. The molecule has 8 saturated carbocycles. The summed E-state index contributed by atoms with van der Waals surface area (Å²) in [6, 6.07) is 0. The van der Waals surface area contributed by atoms with Crippen molar-refractivity contribution in [1.82, 2.24) is 0 Å². The zero-order chi connectivity index (χ0) is 29.0. The zero-order valence-corrected chi connectivity index (χ0v) is 27.1. The second kappa shape index (κ2) is 11.6. The fourth-order valence-electron chi connectivity index (χ4n) is 13.3. The van der Waals surface area contributed by atoms with Gasteiger partial charge in [0.15, 0.2) is 11.6 Å². The number of fused-ring (bicyclic) bond motifs is 4. The van der Waals surface area contributed by atoms with Gasteiger partial charge in [-0.3, -0.25) is 9.59 Å². The van der Waals surface area contributed by atoms with Crippen LogP contribution in [0.15, 0.2) is 0 Å². The first kappa shape index (κ1) is 29.9. The lowest BCUT2D eigenvalue weighted by Crippen LogP contribution is -2.54. The summed E-state index contributed by atoms with van der Waals surface area (Å²) in [5.74, 6) is 5.17. The molecule has 0 amide bonds. The second-order valence-corrected chi connectivity index (χ2v) is 17.3. The minimum atomic E-state index is -0.0611. The lowest BCUT2D eigenvalue weighted by Gasteiger charge is -2.62. The molecule has 0 aliphatic heterocycles. The number of Topliss-reactive ketones (excluding diaryl/α,β-unsaturated/α-hetero) is 2. The molecule has 236 valence electrons. The van der Waals surface area contributed by atoms with E-state index in [1.165, 1.54) is 96.3 Å². The van der Waals surface area contributed by atoms with Crippen LogP contribution in [0.2, 0.25) is 0 Å². The Balaban J connectivity index is 0.966. The van der Waals surface area contributed by atoms with Crippen LogP contribution in [-0.2, 0) is 19.1 Å². The molecule has 0 radical (unpaired) electrons. The van der Waals surface area contributed by atoms with Gasteiger partial charge in [-0.15, -0.1) is 0 Å². The molecule has 42 heavy (non-hydrogen) atoms. The Morgan fingerprint density at radius 2 is 1.05 bits per heavy atom. The molecule has 8 aliphatic rings. The van der Waals surface area contributed by atoms with Crippen LogP contribution in [0.1, 0.15) is 155 Å². The number of hydrogen-bond donors (Lipinski definition) is 0. The van der Waals surface area contributed by atoms with E-state index in [0.717, 1.165) is 43.9 Å². The maximum Gasteiger partial charge on any atom is 0.159 e. The number of carbonyl (C=O) groups excluding carboxylic acids is 2. The molecule has 8 bridgehead atoms. The highest BCUT2D eigenvalue weighted by atomic mass is 16.5. The van der Waals surface area contributed by atoms with Crippen LogP contribution in [0, 0.1) is 46.3 Å². The van der Waals surface area contributed by atoms with Crippen molar-refractivity contribution < 1.29 is 19.1 Å². The molecule has 0 spiro atoms. The van der Waals surface area contributed by atoms with E-state index in [9.17, 15) is 9.59 Å². The van der Waals surface area contributed by atoms with Gasteiger partial charge >= 0.3 is 0 Å². The van der Waals surface area contributed by atoms with Gasteiger partial charge in [0.25, 0.3) is 0 Å². The summed E-state index contributed by atoms with van der Waals surface area (Å²) in [5.41, 5.74) is 0.0974. The van der Waals surface area contributed by atoms with Gasteiger partial charge in [-0.1, -0.05) is 39.5 Å². The smallest absolute Gasteiger partial charge is 0.159 e. The fraction of sp³-hybridized carbons (Fsp3) is 0.947. The summed E-state index contributed by atoms with van der Waals surface area (Å²) in [4.78, 5) is 27.3. The number of ether oxygens (including phenoxy) is 2. The maximum absolute atomic E-state index is 13.6. The Bertz CT molecular complexity index is 929. The topological polar surface area (TPSA) is 52.6 Å². The summed E-state index contributed by atoms with van der Waals surface area (Å²) < 4.78 is 13.4. The van der Waals surface area contributed by atoms with E-state index in [-0.39, 0.29) is 22.0 Å². The highest BCUT2D eigenvalue weighted by molar-refractivity contribution is 5.81. The molecule has 0 aromatic carbocycles. The molecule has 0 aromatic heterocycles. The van der Waals surface area contributed by atoms with Crippen LogP contribution in [0.3, 0.4) is 0 Å². The van der Waals surface area contributed by atoms with E-state index in [1.54, 1.807) is 0 Å². The van der Waals surface area contributed by atoms with E-state index >= 15 is 0 Å². The molecule has 2 unspecified atom stereocenters. The minimum absolute atomic E-state index is 0.0611. The quantitative estimate of drug-likeness (QED) is 0.231. The van der Waals surface area contributed by atoms with Gasteiger partial charge in [-0.25, -0.2) is 0 Å². The summed E-state index contributed by atoms with van der Waals surface area (Å²) in [7, 11) is 0. The Kier molecular flexibility index (Phi) is 8.24. The molecule has 8 atom stereocenters. The van der Waals surface area contributed by atoms with Crippen molar-refractivity contribution >= 4 is 11.6 Å². The molecule has 0 N–H and O–H groups in total. The average molecular weight is 581 g/mol. The summed E-state index contributed by atoms with van der Waals surface area (Å²) in [5, 5.41) is 0. The molecular weight excluding hydrogens is 520 g/mol. The van der Waals surface area contributed by atoms with Gasteiger partial charge in [0.05, 0.1) is 11.2 Å². The Labute approximate surface area is 256 Å². The third-order valence-electron chi connectivity index (χ3n) is 14.7. The third kappa shape index (κ3) is 5.60. The monoisotopic (exact) mass is 580 g/mol. The van der Waals surface area contributed by atoms with Crippen molar-refractivity contribution in [3.05, 3.63) is 0 Å². The van der Waals surface area contributed by atoms with Gasteiger partial charge in [-0.05, 0) is 149 Å². The van der Waals surface area contributed by atoms with E-state index in [4.69, 9.17) is 9.47 Å². The average Bonchev–Trinajstić information content (AvgIpc) is 2.96. The first-order valence-electron chi connectivity index (χ1n) is 18.6. The van der Waals surface area contributed by atoms with Gasteiger partial charge in [-0.2, -0.15) is 0 Å². The molecule has 4 nitrogen and oxygen atoms in total. The molecule has 0 aromatic rings. The molecule has 0 heterocycles. The fourth-order valence-corrected chi connectivity index (χ4v) is 13.3. The maximum atomic E-state index is 13.6. The highest BCUT2D eigenvalue weighted by Gasteiger charge is 2.58. The Morgan fingerprint density at radius 1 is 0.595 bits per heavy atom. The summed E-state index contributed by atoms with van der Waals surface area (Å²) >= 11 is 0. The summed E-state index contributed by atoms with van der Waals surface area (Å²) in [6.07, 6.45) is 26.2. The van der Waals surface area contributed by atoms with E-state index < -0.39 is 0 Å². The minimum Gasteiger partial charge on any atom is -0.367 e. The van der Waals surface area contributed by atoms with Crippen molar-refractivity contribution in [2.45, 2.75) is 166 Å². The van der Waals surface area contributed by atoms with Crippen LogP contribution in [0.5, 0.6) is 0 Å². The van der Waals surface area contributed by atoms with Crippen molar-refractivity contribution in [2.24, 2.45) is 46.3 Å². The van der Waals surface area contributed by atoms with Gasteiger partial charge in [0.1, 0.15) is 13.2 Å². The van der Waals surface area contributed by atoms with Crippen molar-refractivity contribution in [3.63, 3.8) is 0 Å². The van der Waals surface area contributed by atoms with E-state index in [0.29, 0.717) is 61.3 Å². The highest BCUT2D eigenvalue weighted by Crippen LogP contribution is 2.67. The second-order valence-electron chi connectivity index (χ2n) is 17.3. The predicted molar refractivity (Wildman–Crippen MR) is 166 cm³/mol.